The van der Waals surface area contributed by atoms with Crippen molar-refractivity contribution >= 4 is 76.4 Å². The molecule has 8 amide bonds. The second kappa shape index (κ2) is 34.9. The number of Topliss-reactive ketones (excluding diaryl/α,β-unsaturated/α-hetero) is 2. The number of anilines is 1. The summed E-state index contributed by atoms with van der Waals surface area (Å²) in [6.45, 7) is 11.0. The molecule has 4 aromatic rings. The second-order valence-corrected chi connectivity index (χ2v) is 26.1. The highest BCUT2D eigenvalue weighted by molar-refractivity contribution is 6.02. The molecule has 5 aliphatic rings. The Hall–Kier alpha value is -10.6. The van der Waals surface area contributed by atoms with Gasteiger partial charge in [0.2, 0.25) is 41.3 Å². The molecule has 5 aliphatic heterocycles. The van der Waals surface area contributed by atoms with Gasteiger partial charge < -0.3 is 69.9 Å². The summed E-state index contributed by atoms with van der Waals surface area (Å²) in [4.78, 5) is 180. The molecule has 0 spiro atoms. The van der Waals surface area contributed by atoms with Gasteiger partial charge in [0, 0.05) is 90.8 Å². The highest BCUT2D eigenvalue weighted by atomic mass is 16.6. The van der Waals surface area contributed by atoms with E-state index >= 15 is 0 Å². The Balaban J connectivity index is 0.000000291. The van der Waals surface area contributed by atoms with Crippen molar-refractivity contribution in [2.75, 3.05) is 52.2 Å². The predicted molar refractivity (Wildman–Crippen MR) is 366 cm³/mol. The van der Waals surface area contributed by atoms with Crippen molar-refractivity contribution in [3.8, 4) is 5.75 Å². The Morgan fingerprint density at radius 1 is 0.822 bits per heavy atom. The number of carbonyl (C=O) groups is 12. The maximum absolute atomic E-state index is 15.0. The number of rotatable bonds is 8. The first kappa shape index (κ1) is 76.1. The number of aliphatic hydroxyl groups is 1. The van der Waals surface area contributed by atoms with Crippen LogP contribution in [0.25, 0.3) is 0 Å². The zero-order valence-electron chi connectivity index (χ0n) is 58.2. The molecule has 28 nitrogen and oxygen atoms in total. The molecule has 538 valence electrons. The normalized spacial score (nSPS) is 25.8. The van der Waals surface area contributed by atoms with Crippen LogP contribution in [-0.4, -0.2) is 206 Å². The summed E-state index contributed by atoms with van der Waals surface area (Å²) in [6.07, 6.45) is 9.66. The summed E-state index contributed by atoms with van der Waals surface area (Å²) >= 11 is 0. The molecule has 10 unspecified atom stereocenters. The van der Waals surface area contributed by atoms with Crippen LogP contribution in [0, 0.1) is 11.8 Å². The summed E-state index contributed by atoms with van der Waals surface area (Å²) in [5.41, 5.74) is 2.26. The van der Waals surface area contributed by atoms with Crippen LogP contribution in [0.2, 0.25) is 0 Å². The summed E-state index contributed by atoms with van der Waals surface area (Å²) in [7, 11) is 5.25. The number of amides is 8. The predicted octanol–water partition coefficient (Wildman–Crippen LogP) is 3.93. The Morgan fingerprint density at radius 3 is 2.24 bits per heavy atom. The Morgan fingerprint density at radius 2 is 1.54 bits per heavy atom. The number of hydrogen-bond donors (Lipinski definition) is 6. The van der Waals surface area contributed by atoms with Crippen molar-refractivity contribution in [3.63, 3.8) is 0 Å². The van der Waals surface area contributed by atoms with E-state index in [1.807, 2.05) is 64.0 Å². The lowest BCUT2D eigenvalue weighted by Crippen LogP contribution is -2.61. The number of ketones is 2. The molecule has 3 saturated heterocycles. The second-order valence-electron chi connectivity index (χ2n) is 26.1. The van der Waals surface area contributed by atoms with Crippen molar-refractivity contribution in [3.05, 3.63) is 155 Å². The third-order valence-corrected chi connectivity index (χ3v) is 18.0. The number of cyclic esters (lactones) is 2. The fraction of sp³-hybridized carbons (Fsp3) is 0.452. The molecule has 3 fully saturated rings. The number of ether oxygens (including phenoxy) is 2. The lowest BCUT2D eigenvalue weighted by atomic mass is 9.94. The minimum Gasteiger partial charge on any atom is -0.505 e. The van der Waals surface area contributed by atoms with Gasteiger partial charge in [0.05, 0.1) is 12.5 Å². The number of nitrogens with one attached hydrogen (secondary N) is 4. The van der Waals surface area contributed by atoms with Crippen molar-refractivity contribution in [2.24, 2.45) is 11.8 Å². The molecule has 6 N–H and O–H groups in total. The molecule has 9 rings (SSSR count). The molecule has 2 aromatic heterocycles. The Labute approximate surface area is 585 Å². The molecule has 0 aliphatic carbocycles. The molecule has 10 atom stereocenters. The molecular formula is C73H89N11O17. The largest absolute Gasteiger partial charge is 0.505 e. The van der Waals surface area contributed by atoms with Gasteiger partial charge in [-0.1, -0.05) is 106 Å². The fourth-order valence-electron chi connectivity index (χ4n) is 12.5. The standard InChI is InChI=1S/C45H54N8O10.C28H35N3O7/c1-6-31-42(59)52-22-11-14-32(52)43(60)51(5)34(24-27-16-18-29(19-17-27)50(3)4)44(61)53-23-20-30(54)25-33(53)39(56)49-37(28-12-8-7-9-13-28)45(62)63-26(2)36(40(57)47-31)48-41(58)38-35(55)15-10-21-46-38;1-17(2)26-19(4)9-10-24(34)29-11-5-7-18(3)13-20(32)14-21(33)15-25-30-22(16-37-25)27(35)31-12-6-8-23(31)28(36)38-26/h7-10,12-13,15-19,21,26,31-34,36-37,55H,6,11,14,20,22-25H2,1-5H3,(H,47,57)(H,48,58)(H,49,56);5,7-10,13,16-17,19-20,26,32H,6,11-12,14-15H2,1-4H3,(H,29,34)/b;7-5-,10-9+,18-13?. The van der Waals surface area contributed by atoms with Gasteiger partial charge in [-0.05, 0) is 86.9 Å². The first-order valence-corrected chi connectivity index (χ1v) is 33.8. The monoisotopic (exact) mass is 1390 g/mol. The number of aliphatic hydroxyl groups excluding tert-OH is 1. The van der Waals surface area contributed by atoms with E-state index in [0.29, 0.717) is 18.4 Å². The average molecular weight is 1390 g/mol. The van der Waals surface area contributed by atoms with Crippen LogP contribution < -0.4 is 26.2 Å². The first-order valence-electron chi connectivity index (χ1n) is 33.8. The van der Waals surface area contributed by atoms with Crippen LogP contribution in [0.3, 0.4) is 0 Å². The number of piperidine rings is 1. The van der Waals surface area contributed by atoms with Crippen molar-refractivity contribution in [1.82, 2.24) is 50.8 Å². The van der Waals surface area contributed by atoms with E-state index in [1.54, 1.807) is 74.6 Å². The highest BCUT2D eigenvalue weighted by Gasteiger charge is 2.46. The maximum Gasteiger partial charge on any atom is 0.355 e. The molecule has 2 bridgehead atoms. The zero-order chi connectivity index (χ0) is 73.4. The van der Waals surface area contributed by atoms with Gasteiger partial charge in [-0.3, -0.25) is 47.9 Å². The summed E-state index contributed by atoms with van der Waals surface area (Å²) in [5, 5.41) is 31.2. The number of likely N-dealkylation sites (N-methyl/N-ethyl adjacent to an activating group) is 1. The number of aromatic hydroxyl groups is 1. The summed E-state index contributed by atoms with van der Waals surface area (Å²) in [5.74, 6) is -8.40. The van der Waals surface area contributed by atoms with Gasteiger partial charge in [-0.15, -0.1) is 0 Å². The minimum atomic E-state index is -1.68. The fourth-order valence-corrected chi connectivity index (χ4v) is 12.5. The topological polar surface area (TPSA) is 367 Å². The SMILES string of the molecule is CC1=CC(O)CC(=O)Cc2nc(co2)C(=O)N2CCC=C2C(=O)OC(C(C)C)C(C)/C=C/C(=O)NC/C=C\1.CCC1NC(=O)C(NC(=O)c2ncccc2O)C(C)OC(=O)C(c2ccccc2)NC(=O)C2CC(=O)CCN2C(=O)C(Cc2ccc(N(C)C)cc2)N(C)C(=O)C2CCCN2C1=O. The number of aromatic nitrogens is 2. The van der Waals surface area contributed by atoms with E-state index in [0.717, 1.165) is 17.5 Å². The number of allylic oxidation sites excluding steroid dienone is 2. The summed E-state index contributed by atoms with van der Waals surface area (Å²) in [6, 6.07) is 10.1. The van der Waals surface area contributed by atoms with Crippen LogP contribution in [0.1, 0.15) is 131 Å². The zero-order valence-corrected chi connectivity index (χ0v) is 58.2. The first-order chi connectivity index (χ1) is 48.1. The Bertz CT molecular complexity index is 3860. The van der Waals surface area contributed by atoms with E-state index in [4.69, 9.17) is 13.9 Å². The van der Waals surface area contributed by atoms with Crippen molar-refractivity contribution < 1.29 is 81.6 Å². The van der Waals surface area contributed by atoms with Gasteiger partial charge in [0.15, 0.2) is 17.4 Å². The molecule has 28 heteroatoms. The van der Waals surface area contributed by atoms with Gasteiger partial charge in [-0.2, -0.15) is 0 Å². The average Bonchev–Trinajstić information content (AvgIpc) is 1.79. The molecular weight excluding hydrogens is 1300 g/mol. The van der Waals surface area contributed by atoms with Gasteiger partial charge in [0.25, 0.3) is 11.8 Å². The van der Waals surface area contributed by atoms with Crippen LogP contribution in [0.15, 0.2) is 131 Å². The van der Waals surface area contributed by atoms with Crippen LogP contribution in [-0.2, 0) is 70.3 Å². The van der Waals surface area contributed by atoms with E-state index in [2.05, 4.69) is 31.2 Å². The van der Waals surface area contributed by atoms with Crippen molar-refractivity contribution in [1.29, 1.82) is 0 Å². The third-order valence-electron chi connectivity index (χ3n) is 18.0. The van der Waals surface area contributed by atoms with Gasteiger partial charge in [0.1, 0.15) is 71.7 Å². The van der Waals surface area contributed by atoms with Crippen LogP contribution >= 0.6 is 0 Å². The smallest absolute Gasteiger partial charge is 0.355 e. The van der Waals surface area contributed by atoms with E-state index < -0.39 is 119 Å². The maximum atomic E-state index is 15.0. The quantitative estimate of drug-likeness (QED) is 0.136. The van der Waals surface area contributed by atoms with Crippen LogP contribution in [0.5, 0.6) is 5.75 Å². The van der Waals surface area contributed by atoms with Crippen molar-refractivity contribution in [2.45, 2.75) is 154 Å². The number of pyridine rings is 1. The van der Waals surface area contributed by atoms with Crippen LogP contribution in [0.4, 0.5) is 5.69 Å². The van der Waals surface area contributed by atoms with E-state index in [9.17, 15) is 67.7 Å². The number of esters is 2. The molecule has 2 aromatic carbocycles. The molecule has 0 radical (unpaired) electrons. The number of benzene rings is 2. The number of oxazole rings is 1. The molecule has 101 heavy (non-hydrogen) atoms. The lowest BCUT2D eigenvalue weighted by molar-refractivity contribution is -0.157. The Kier molecular flexibility index (Phi) is 26.3. The number of carbonyl (C=O) groups excluding carboxylic acids is 12. The number of nitrogens with zero attached hydrogens (tertiary/aromatic N) is 7. The van der Waals surface area contributed by atoms with E-state index in [-0.39, 0.29) is 123 Å². The highest BCUT2D eigenvalue weighted by Crippen LogP contribution is 2.29. The minimum absolute atomic E-state index is 0.0299. The number of hydrogen-bond acceptors (Lipinski definition) is 20. The van der Waals surface area contributed by atoms with E-state index in [1.165, 1.54) is 58.0 Å². The third kappa shape index (κ3) is 19.6. The van der Waals surface area contributed by atoms with Gasteiger partial charge >= 0.3 is 11.9 Å². The molecule has 7 heterocycles. The molecule has 0 saturated carbocycles. The van der Waals surface area contributed by atoms with Gasteiger partial charge in [-0.25, -0.2) is 19.6 Å². The summed E-state index contributed by atoms with van der Waals surface area (Å²) < 4.78 is 17.0. The lowest BCUT2D eigenvalue weighted by Gasteiger charge is -2.40. The number of fused-ring (bicyclic) bond motifs is 5.